The average molecular weight is 204 g/mol. The number of rotatable bonds is 3. The van der Waals surface area contributed by atoms with Crippen LogP contribution in [0.3, 0.4) is 0 Å². The van der Waals surface area contributed by atoms with Crippen LogP contribution in [0.2, 0.25) is 0 Å². The minimum Gasteiger partial charge on any atom is -0.261 e. The summed E-state index contributed by atoms with van der Waals surface area (Å²) in [7, 11) is 0. The molecule has 0 amide bonds. The number of hydrogen-bond acceptors (Lipinski definition) is 3. The van der Waals surface area contributed by atoms with Crippen LogP contribution in [0.5, 0.6) is 0 Å². The Hall–Kier alpha value is -1.35. The van der Waals surface area contributed by atoms with Gasteiger partial charge in [0.15, 0.2) is 0 Å². The minimum atomic E-state index is 0.668. The number of aliphatic imine (C=N–C) groups is 1. The molecule has 72 valence electrons. The molecule has 1 rings (SSSR count). The molecule has 0 unspecified atom stereocenters. The predicted molar refractivity (Wildman–Crippen MR) is 64.6 cm³/mol. The molecule has 0 N–H and O–H groups in total. The molecule has 14 heavy (non-hydrogen) atoms. The fraction of sp³-hybridized carbons (Fsp3) is 0.0909. The van der Waals surface area contributed by atoms with Crippen molar-refractivity contribution in [3.8, 4) is 0 Å². The minimum absolute atomic E-state index is 0.668. The SMILES string of the molecule is C=C/C(S)=C(\N=C)c1ncccc1C. The van der Waals surface area contributed by atoms with Gasteiger partial charge in [0.05, 0.1) is 5.69 Å². The predicted octanol–water partition coefficient (Wildman–Crippen LogP) is 2.88. The lowest BCUT2D eigenvalue weighted by Gasteiger charge is -2.05. The summed E-state index contributed by atoms with van der Waals surface area (Å²) >= 11 is 4.25. The van der Waals surface area contributed by atoms with E-state index in [1.807, 2.05) is 19.1 Å². The van der Waals surface area contributed by atoms with Crippen molar-refractivity contribution in [3.05, 3.63) is 47.1 Å². The van der Waals surface area contributed by atoms with Crippen LogP contribution in [0.15, 0.2) is 40.9 Å². The molecule has 3 heteroatoms. The second kappa shape index (κ2) is 4.77. The topological polar surface area (TPSA) is 25.2 Å². The Kier molecular flexibility index (Phi) is 3.65. The summed E-state index contributed by atoms with van der Waals surface area (Å²) < 4.78 is 0. The van der Waals surface area contributed by atoms with E-state index in [9.17, 15) is 0 Å². The number of nitrogens with zero attached hydrogens (tertiary/aromatic N) is 2. The van der Waals surface area contributed by atoms with Crippen molar-refractivity contribution in [1.82, 2.24) is 4.98 Å². The first kappa shape index (κ1) is 10.7. The molecule has 0 saturated carbocycles. The van der Waals surface area contributed by atoms with Gasteiger partial charge in [-0.3, -0.25) is 9.98 Å². The maximum absolute atomic E-state index is 4.25. The summed E-state index contributed by atoms with van der Waals surface area (Å²) in [4.78, 5) is 8.82. The van der Waals surface area contributed by atoms with Gasteiger partial charge in [0.1, 0.15) is 5.70 Å². The van der Waals surface area contributed by atoms with Crippen LogP contribution < -0.4 is 0 Å². The third-order valence-corrected chi connectivity index (χ3v) is 2.22. The van der Waals surface area contributed by atoms with E-state index in [1.54, 1.807) is 12.3 Å². The smallest absolute Gasteiger partial charge is 0.101 e. The van der Waals surface area contributed by atoms with E-state index in [1.165, 1.54) is 0 Å². The molecule has 0 fully saturated rings. The number of allylic oxidation sites excluding steroid dienone is 1. The Bertz CT molecular complexity index is 394. The second-order valence-corrected chi connectivity index (χ2v) is 3.25. The zero-order valence-corrected chi connectivity index (χ0v) is 8.96. The molecule has 1 aromatic heterocycles. The number of pyridine rings is 1. The van der Waals surface area contributed by atoms with E-state index in [2.05, 4.69) is 35.9 Å². The summed E-state index contributed by atoms with van der Waals surface area (Å²) in [5.74, 6) is 0. The van der Waals surface area contributed by atoms with Gasteiger partial charge in [-0.15, -0.1) is 12.6 Å². The highest BCUT2D eigenvalue weighted by Gasteiger charge is 2.06. The van der Waals surface area contributed by atoms with Crippen LogP contribution in [-0.2, 0) is 0 Å². The van der Waals surface area contributed by atoms with Gasteiger partial charge in [-0.05, 0) is 25.3 Å². The summed E-state index contributed by atoms with van der Waals surface area (Å²) in [5, 5.41) is 0. The largest absolute Gasteiger partial charge is 0.261 e. The normalized spacial score (nSPS) is 11.9. The van der Waals surface area contributed by atoms with Gasteiger partial charge in [-0.25, -0.2) is 0 Å². The molecule has 0 atom stereocenters. The van der Waals surface area contributed by atoms with Crippen LogP contribution in [0.4, 0.5) is 0 Å². The van der Waals surface area contributed by atoms with Crippen LogP contribution in [0.25, 0.3) is 5.70 Å². The van der Waals surface area contributed by atoms with E-state index >= 15 is 0 Å². The lowest BCUT2D eigenvalue weighted by atomic mass is 10.1. The fourth-order valence-electron chi connectivity index (χ4n) is 1.11. The summed E-state index contributed by atoms with van der Waals surface area (Å²) in [6.07, 6.45) is 3.35. The quantitative estimate of drug-likeness (QED) is 0.457. The number of aryl methyl sites for hydroxylation is 1. The van der Waals surface area contributed by atoms with Gasteiger partial charge in [0.25, 0.3) is 0 Å². The molecular formula is C11H12N2S. The molecule has 0 bridgehead atoms. The molecule has 1 aromatic rings. The molecule has 0 aromatic carbocycles. The highest BCUT2D eigenvalue weighted by atomic mass is 32.1. The number of aromatic nitrogens is 1. The van der Waals surface area contributed by atoms with Gasteiger partial charge in [-0.1, -0.05) is 18.7 Å². The molecule has 0 aliphatic heterocycles. The molecule has 1 heterocycles. The maximum Gasteiger partial charge on any atom is 0.101 e. The third-order valence-electron chi connectivity index (χ3n) is 1.83. The van der Waals surface area contributed by atoms with Crippen molar-refractivity contribution >= 4 is 25.0 Å². The first-order valence-electron chi connectivity index (χ1n) is 4.15. The molecule has 0 aliphatic rings. The standard InChI is InChI=1S/C11H12N2S/c1-4-9(14)11(12-3)10-8(2)6-5-7-13-10/h4-7,14H,1,3H2,2H3/b11-9+. The van der Waals surface area contributed by atoms with E-state index in [0.29, 0.717) is 10.6 Å². The molecule has 0 radical (unpaired) electrons. The zero-order chi connectivity index (χ0) is 10.6. The Morgan fingerprint density at radius 1 is 1.64 bits per heavy atom. The number of hydrogen-bond donors (Lipinski definition) is 1. The Morgan fingerprint density at radius 3 is 2.86 bits per heavy atom. The van der Waals surface area contributed by atoms with Crippen molar-refractivity contribution in [2.75, 3.05) is 0 Å². The van der Waals surface area contributed by atoms with Gasteiger partial charge in [0, 0.05) is 11.1 Å². The van der Waals surface area contributed by atoms with Crippen LogP contribution in [0, 0.1) is 6.92 Å². The highest BCUT2D eigenvalue weighted by Crippen LogP contribution is 2.23. The monoisotopic (exact) mass is 204 g/mol. The maximum atomic E-state index is 4.25. The highest BCUT2D eigenvalue weighted by molar-refractivity contribution is 7.85. The molecule has 2 nitrogen and oxygen atoms in total. The Balaban J connectivity index is 3.34. The van der Waals surface area contributed by atoms with Crippen molar-refractivity contribution in [1.29, 1.82) is 0 Å². The van der Waals surface area contributed by atoms with Crippen molar-refractivity contribution in [3.63, 3.8) is 0 Å². The molecule has 0 aliphatic carbocycles. The lowest BCUT2D eigenvalue weighted by Crippen LogP contribution is -1.91. The zero-order valence-electron chi connectivity index (χ0n) is 8.07. The van der Waals surface area contributed by atoms with Gasteiger partial charge >= 0.3 is 0 Å². The van der Waals surface area contributed by atoms with Gasteiger partial charge in [-0.2, -0.15) is 0 Å². The Morgan fingerprint density at radius 2 is 2.36 bits per heavy atom. The summed E-state index contributed by atoms with van der Waals surface area (Å²) in [5.41, 5.74) is 2.51. The van der Waals surface area contributed by atoms with Crippen molar-refractivity contribution < 1.29 is 0 Å². The van der Waals surface area contributed by atoms with E-state index in [-0.39, 0.29) is 0 Å². The van der Waals surface area contributed by atoms with Gasteiger partial charge in [0.2, 0.25) is 0 Å². The Labute approximate surface area is 89.5 Å². The first-order valence-corrected chi connectivity index (χ1v) is 4.59. The van der Waals surface area contributed by atoms with Crippen LogP contribution in [-0.4, -0.2) is 11.7 Å². The van der Waals surface area contributed by atoms with Gasteiger partial charge < -0.3 is 0 Å². The third kappa shape index (κ3) is 2.12. The summed E-state index contributed by atoms with van der Waals surface area (Å²) in [6, 6.07) is 3.85. The van der Waals surface area contributed by atoms with Crippen LogP contribution >= 0.6 is 12.6 Å². The molecule has 0 saturated heterocycles. The summed E-state index contributed by atoms with van der Waals surface area (Å²) in [6.45, 7) is 9.11. The van der Waals surface area contributed by atoms with E-state index < -0.39 is 0 Å². The average Bonchev–Trinajstić information content (AvgIpc) is 2.21. The van der Waals surface area contributed by atoms with E-state index in [0.717, 1.165) is 11.3 Å². The first-order chi connectivity index (χ1) is 6.70. The van der Waals surface area contributed by atoms with E-state index in [4.69, 9.17) is 0 Å². The number of thiol groups is 1. The molecule has 0 spiro atoms. The lowest BCUT2D eigenvalue weighted by molar-refractivity contribution is 1.20. The fourth-order valence-corrected chi connectivity index (χ4v) is 1.28. The van der Waals surface area contributed by atoms with Crippen LogP contribution in [0.1, 0.15) is 11.3 Å². The second-order valence-electron chi connectivity index (χ2n) is 2.76. The van der Waals surface area contributed by atoms with Crippen molar-refractivity contribution in [2.45, 2.75) is 6.92 Å². The molecular weight excluding hydrogens is 192 g/mol. The van der Waals surface area contributed by atoms with Crippen molar-refractivity contribution in [2.24, 2.45) is 4.99 Å².